The number of aliphatic hydroxyl groups excluding tert-OH is 1. The van der Waals surface area contributed by atoms with Crippen LogP contribution in [0.15, 0.2) is 0 Å². The first-order chi connectivity index (χ1) is 8.09. The molecule has 2 N–H and O–H groups in total. The van der Waals surface area contributed by atoms with Crippen LogP contribution < -0.4 is 5.32 Å². The molecule has 0 aromatic heterocycles. The summed E-state index contributed by atoms with van der Waals surface area (Å²) in [7, 11) is 0. The van der Waals surface area contributed by atoms with E-state index < -0.39 is 0 Å². The molecule has 5 nitrogen and oxygen atoms in total. The zero-order valence-corrected chi connectivity index (χ0v) is 10.4. The fraction of sp³-hybridized carbons (Fsp3) is 0.833. The molecule has 0 aliphatic carbocycles. The maximum Gasteiger partial charge on any atom is 0.222 e. The van der Waals surface area contributed by atoms with Crippen molar-refractivity contribution < 1.29 is 14.7 Å². The van der Waals surface area contributed by atoms with Crippen LogP contribution in [-0.4, -0.2) is 47.6 Å². The van der Waals surface area contributed by atoms with Crippen molar-refractivity contribution >= 4 is 11.8 Å². The molecule has 98 valence electrons. The minimum Gasteiger partial charge on any atom is -0.391 e. The van der Waals surface area contributed by atoms with E-state index in [9.17, 15) is 14.7 Å². The quantitative estimate of drug-likeness (QED) is 0.657. The van der Waals surface area contributed by atoms with E-state index in [2.05, 4.69) is 5.32 Å². The Bertz CT molecular complexity index is 268. The molecule has 1 aliphatic heterocycles. The van der Waals surface area contributed by atoms with Gasteiger partial charge in [-0.05, 0) is 19.3 Å². The molecular formula is C12H22N2O3. The van der Waals surface area contributed by atoms with Crippen LogP contribution in [0.3, 0.4) is 0 Å². The van der Waals surface area contributed by atoms with Crippen LogP contribution >= 0.6 is 0 Å². The third-order valence-electron chi connectivity index (χ3n) is 2.96. The molecule has 0 unspecified atom stereocenters. The predicted molar refractivity (Wildman–Crippen MR) is 64.4 cm³/mol. The highest BCUT2D eigenvalue weighted by Gasteiger charge is 2.23. The minimum absolute atomic E-state index is 0.00729. The molecule has 2 amide bonds. The second-order valence-corrected chi connectivity index (χ2v) is 4.58. The van der Waals surface area contributed by atoms with Crippen molar-refractivity contribution in [3.05, 3.63) is 0 Å². The standard InChI is InChI=1S/C12H22N2O3/c1-10(15)13-7-4-2-3-5-12(17)14-8-6-11(16)9-14/h11,16H,2-9H2,1H3,(H,13,15)/t11-/m1/s1. The Morgan fingerprint density at radius 1 is 1.35 bits per heavy atom. The van der Waals surface area contributed by atoms with Gasteiger partial charge in [0.05, 0.1) is 6.10 Å². The van der Waals surface area contributed by atoms with Crippen molar-refractivity contribution in [2.75, 3.05) is 19.6 Å². The van der Waals surface area contributed by atoms with E-state index in [-0.39, 0.29) is 17.9 Å². The van der Waals surface area contributed by atoms with Crippen molar-refractivity contribution in [1.29, 1.82) is 0 Å². The Morgan fingerprint density at radius 2 is 2.12 bits per heavy atom. The summed E-state index contributed by atoms with van der Waals surface area (Å²) in [6, 6.07) is 0. The van der Waals surface area contributed by atoms with Gasteiger partial charge >= 0.3 is 0 Å². The van der Waals surface area contributed by atoms with Gasteiger partial charge in [0.15, 0.2) is 0 Å². The van der Waals surface area contributed by atoms with Crippen LogP contribution in [0.2, 0.25) is 0 Å². The lowest BCUT2D eigenvalue weighted by atomic mass is 10.2. The monoisotopic (exact) mass is 242 g/mol. The van der Waals surface area contributed by atoms with Gasteiger partial charge in [-0.25, -0.2) is 0 Å². The molecule has 5 heteroatoms. The van der Waals surface area contributed by atoms with E-state index in [1.807, 2.05) is 0 Å². The predicted octanol–water partition coefficient (Wildman–Crippen LogP) is 0.276. The number of amides is 2. The molecule has 0 saturated carbocycles. The van der Waals surface area contributed by atoms with Gasteiger partial charge in [-0.3, -0.25) is 9.59 Å². The number of nitrogens with zero attached hydrogens (tertiary/aromatic N) is 1. The summed E-state index contributed by atoms with van der Waals surface area (Å²) in [6.45, 7) is 3.37. The van der Waals surface area contributed by atoms with E-state index in [0.29, 0.717) is 32.5 Å². The maximum absolute atomic E-state index is 11.7. The highest BCUT2D eigenvalue weighted by atomic mass is 16.3. The molecular weight excluding hydrogens is 220 g/mol. The SMILES string of the molecule is CC(=O)NCCCCCC(=O)N1CC[C@@H](O)C1. The van der Waals surface area contributed by atoms with E-state index in [0.717, 1.165) is 19.3 Å². The molecule has 17 heavy (non-hydrogen) atoms. The van der Waals surface area contributed by atoms with Crippen LogP contribution in [0.1, 0.15) is 39.0 Å². The van der Waals surface area contributed by atoms with Crippen molar-refractivity contribution in [2.24, 2.45) is 0 Å². The molecule has 1 atom stereocenters. The average Bonchev–Trinajstić information content (AvgIpc) is 2.69. The molecule has 0 spiro atoms. The third-order valence-corrected chi connectivity index (χ3v) is 2.96. The van der Waals surface area contributed by atoms with E-state index in [4.69, 9.17) is 0 Å². The van der Waals surface area contributed by atoms with Crippen LogP contribution in [-0.2, 0) is 9.59 Å². The summed E-state index contributed by atoms with van der Waals surface area (Å²) in [4.78, 5) is 24.0. The Balaban J connectivity index is 1.99. The fourth-order valence-electron chi connectivity index (χ4n) is 1.97. The number of hydrogen-bond donors (Lipinski definition) is 2. The largest absolute Gasteiger partial charge is 0.391 e. The zero-order chi connectivity index (χ0) is 12.7. The summed E-state index contributed by atoms with van der Waals surface area (Å²) in [6.07, 6.45) is 3.63. The smallest absolute Gasteiger partial charge is 0.222 e. The van der Waals surface area contributed by atoms with Crippen LogP contribution in [0.4, 0.5) is 0 Å². The average molecular weight is 242 g/mol. The van der Waals surface area contributed by atoms with Gasteiger partial charge in [0.25, 0.3) is 0 Å². The number of rotatable bonds is 6. The first-order valence-corrected chi connectivity index (χ1v) is 6.30. The van der Waals surface area contributed by atoms with Crippen LogP contribution in [0, 0.1) is 0 Å². The van der Waals surface area contributed by atoms with Crippen molar-refractivity contribution in [1.82, 2.24) is 10.2 Å². The van der Waals surface area contributed by atoms with Gasteiger partial charge in [0.1, 0.15) is 0 Å². The lowest BCUT2D eigenvalue weighted by Crippen LogP contribution is -2.29. The molecule has 1 fully saturated rings. The molecule has 1 rings (SSSR count). The molecule has 1 heterocycles. The second kappa shape index (κ2) is 7.27. The summed E-state index contributed by atoms with van der Waals surface area (Å²) in [5.41, 5.74) is 0. The van der Waals surface area contributed by atoms with Crippen molar-refractivity contribution in [3.8, 4) is 0 Å². The van der Waals surface area contributed by atoms with Gasteiger partial charge in [0.2, 0.25) is 11.8 Å². The van der Waals surface area contributed by atoms with Gasteiger partial charge < -0.3 is 15.3 Å². The Kier molecular flexibility index (Phi) is 5.97. The lowest BCUT2D eigenvalue weighted by molar-refractivity contribution is -0.130. The summed E-state index contributed by atoms with van der Waals surface area (Å²) >= 11 is 0. The molecule has 1 aliphatic rings. The van der Waals surface area contributed by atoms with E-state index in [1.165, 1.54) is 6.92 Å². The fourth-order valence-corrected chi connectivity index (χ4v) is 1.97. The maximum atomic E-state index is 11.7. The second-order valence-electron chi connectivity index (χ2n) is 4.58. The van der Waals surface area contributed by atoms with Gasteiger partial charge in [-0.2, -0.15) is 0 Å². The third kappa shape index (κ3) is 5.68. The normalized spacial score (nSPS) is 19.4. The molecule has 0 aromatic rings. The van der Waals surface area contributed by atoms with Crippen LogP contribution in [0.25, 0.3) is 0 Å². The Hall–Kier alpha value is -1.10. The Morgan fingerprint density at radius 3 is 2.71 bits per heavy atom. The molecule has 0 radical (unpaired) electrons. The van der Waals surface area contributed by atoms with Gasteiger partial charge in [-0.1, -0.05) is 6.42 Å². The molecule has 1 saturated heterocycles. The number of hydrogen-bond acceptors (Lipinski definition) is 3. The molecule has 0 aromatic carbocycles. The number of nitrogens with one attached hydrogen (secondary N) is 1. The van der Waals surface area contributed by atoms with Gasteiger partial charge in [0, 0.05) is 33.0 Å². The summed E-state index contributed by atoms with van der Waals surface area (Å²) in [5, 5.41) is 12.0. The number of carbonyl (C=O) groups excluding carboxylic acids is 2. The van der Waals surface area contributed by atoms with E-state index >= 15 is 0 Å². The number of likely N-dealkylation sites (tertiary alicyclic amines) is 1. The summed E-state index contributed by atoms with van der Waals surface area (Å²) in [5.74, 6) is 0.133. The highest BCUT2D eigenvalue weighted by molar-refractivity contribution is 5.76. The summed E-state index contributed by atoms with van der Waals surface area (Å²) < 4.78 is 0. The van der Waals surface area contributed by atoms with Crippen molar-refractivity contribution in [3.63, 3.8) is 0 Å². The first-order valence-electron chi connectivity index (χ1n) is 6.30. The lowest BCUT2D eigenvalue weighted by Gasteiger charge is -2.15. The number of β-amino-alcohol motifs (C(OH)–C–C–N with tert-alkyl or cyclic N) is 1. The van der Waals surface area contributed by atoms with Crippen LogP contribution in [0.5, 0.6) is 0 Å². The number of aliphatic hydroxyl groups is 1. The van der Waals surface area contributed by atoms with E-state index in [1.54, 1.807) is 4.90 Å². The Labute approximate surface area is 102 Å². The van der Waals surface area contributed by atoms with Crippen molar-refractivity contribution in [2.45, 2.75) is 45.1 Å². The number of unbranched alkanes of at least 4 members (excludes halogenated alkanes) is 2. The van der Waals surface area contributed by atoms with Gasteiger partial charge in [-0.15, -0.1) is 0 Å². The number of carbonyl (C=O) groups is 2. The first kappa shape index (κ1) is 14.0. The topological polar surface area (TPSA) is 69.6 Å². The molecule has 0 bridgehead atoms. The minimum atomic E-state index is -0.335. The highest BCUT2D eigenvalue weighted by Crippen LogP contribution is 2.11. The zero-order valence-electron chi connectivity index (χ0n) is 10.4.